The van der Waals surface area contributed by atoms with Gasteiger partial charge in [-0.05, 0) is 12.1 Å². The lowest BCUT2D eigenvalue weighted by molar-refractivity contribution is -0.133. The molecule has 0 unspecified atom stereocenters. The third-order valence-corrected chi connectivity index (χ3v) is 2.60. The predicted molar refractivity (Wildman–Crippen MR) is 59.9 cm³/mol. The van der Waals surface area contributed by atoms with Gasteiger partial charge in [-0.1, -0.05) is 6.07 Å². The molecule has 1 aromatic rings. The van der Waals surface area contributed by atoms with Crippen LogP contribution in [0.3, 0.4) is 0 Å². The molecule has 0 spiro atoms. The zero-order valence-electron chi connectivity index (χ0n) is 8.57. The first-order valence-corrected chi connectivity index (χ1v) is 5.69. The first-order chi connectivity index (χ1) is 8.00. The number of carboxylic acid groups (broad SMARTS) is 1. The van der Waals surface area contributed by atoms with Crippen LogP contribution >= 0.6 is 11.8 Å². The molecule has 0 heterocycles. The maximum absolute atomic E-state index is 13.1. The van der Waals surface area contributed by atoms with E-state index < -0.39 is 23.5 Å². The molecule has 0 aliphatic heterocycles. The first kappa shape index (κ1) is 13.4. The number of carboxylic acids is 1. The van der Waals surface area contributed by atoms with E-state index in [0.29, 0.717) is 0 Å². The molecule has 7 heteroatoms. The third kappa shape index (κ3) is 4.39. The van der Waals surface area contributed by atoms with Gasteiger partial charge in [0.25, 0.3) is 0 Å². The molecule has 92 valence electrons. The van der Waals surface area contributed by atoms with Crippen molar-refractivity contribution in [2.24, 2.45) is 0 Å². The van der Waals surface area contributed by atoms with Gasteiger partial charge in [-0.2, -0.15) is 0 Å². The highest BCUT2D eigenvalue weighted by Crippen LogP contribution is 2.16. The molecule has 0 atom stereocenters. The maximum Gasteiger partial charge on any atom is 0.313 e. The topological polar surface area (TPSA) is 66.4 Å². The minimum absolute atomic E-state index is 0.137. The largest absolute Gasteiger partial charge is 0.481 e. The number of thioether (sulfide) groups is 1. The van der Waals surface area contributed by atoms with Crippen LogP contribution in [0, 0.1) is 11.6 Å². The van der Waals surface area contributed by atoms with E-state index in [1.54, 1.807) is 0 Å². The highest BCUT2D eigenvalue weighted by atomic mass is 32.2. The quantitative estimate of drug-likeness (QED) is 0.847. The standard InChI is InChI=1S/C10H9F2NO3S/c11-6-2-1-3-7(10(6)12)13-8(14)4-17-5-9(15)16/h1-3H,4-5H2,(H,13,14)(H,15,16). The number of carbonyl (C=O) groups excluding carboxylic acids is 1. The molecule has 0 fully saturated rings. The number of hydrogen-bond acceptors (Lipinski definition) is 3. The number of hydrogen-bond donors (Lipinski definition) is 2. The Bertz CT molecular complexity index is 440. The molecule has 4 nitrogen and oxygen atoms in total. The summed E-state index contributed by atoms with van der Waals surface area (Å²) in [7, 11) is 0. The number of halogens is 2. The minimum atomic E-state index is -1.14. The van der Waals surface area contributed by atoms with Crippen molar-refractivity contribution in [3.8, 4) is 0 Å². The summed E-state index contributed by atoms with van der Waals surface area (Å²) < 4.78 is 25.9. The Morgan fingerprint density at radius 2 is 2.00 bits per heavy atom. The summed E-state index contributed by atoms with van der Waals surface area (Å²) in [6.07, 6.45) is 0. The zero-order valence-corrected chi connectivity index (χ0v) is 9.39. The number of anilines is 1. The minimum Gasteiger partial charge on any atom is -0.481 e. The van der Waals surface area contributed by atoms with Crippen LogP contribution in [0.5, 0.6) is 0 Å². The Morgan fingerprint density at radius 3 is 2.65 bits per heavy atom. The summed E-state index contributed by atoms with van der Waals surface area (Å²) >= 11 is 0.871. The maximum atomic E-state index is 13.1. The van der Waals surface area contributed by atoms with E-state index in [1.165, 1.54) is 12.1 Å². The van der Waals surface area contributed by atoms with Crippen LogP contribution in [0.15, 0.2) is 18.2 Å². The van der Waals surface area contributed by atoms with Crippen LogP contribution in [-0.4, -0.2) is 28.5 Å². The number of nitrogens with one attached hydrogen (secondary N) is 1. The smallest absolute Gasteiger partial charge is 0.313 e. The molecule has 0 saturated heterocycles. The van der Waals surface area contributed by atoms with Gasteiger partial charge < -0.3 is 10.4 Å². The third-order valence-electron chi connectivity index (χ3n) is 1.68. The fourth-order valence-corrected chi connectivity index (χ4v) is 1.55. The Balaban J connectivity index is 2.51. The Hall–Kier alpha value is -1.63. The van der Waals surface area contributed by atoms with E-state index in [4.69, 9.17) is 5.11 Å². The Labute approximate surface area is 100 Å². The Kier molecular flexibility index (Phi) is 4.89. The van der Waals surface area contributed by atoms with Gasteiger partial charge in [0.15, 0.2) is 11.6 Å². The van der Waals surface area contributed by atoms with Gasteiger partial charge in [0.1, 0.15) is 0 Å². The average molecular weight is 261 g/mol. The summed E-state index contributed by atoms with van der Waals surface area (Å²) in [4.78, 5) is 21.4. The number of amides is 1. The molecule has 1 rings (SSSR count). The van der Waals surface area contributed by atoms with E-state index in [2.05, 4.69) is 5.32 Å². The summed E-state index contributed by atoms with van der Waals surface area (Å²) in [5.74, 6) is -4.17. The van der Waals surface area contributed by atoms with Crippen molar-refractivity contribution in [1.29, 1.82) is 0 Å². The highest BCUT2D eigenvalue weighted by molar-refractivity contribution is 8.00. The van der Waals surface area contributed by atoms with Crippen LogP contribution < -0.4 is 5.32 Å². The van der Waals surface area contributed by atoms with Crippen LogP contribution in [0.2, 0.25) is 0 Å². The van der Waals surface area contributed by atoms with Crippen molar-refractivity contribution in [3.63, 3.8) is 0 Å². The summed E-state index contributed by atoms with van der Waals surface area (Å²) in [6.45, 7) is 0. The van der Waals surface area contributed by atoms with Crippen molar-refractivity contribution in [1.82, 2.24) is 0 Å². The molecule has 0 aromatic heterocycles. The molecular formula is C10H9F2NO3S. The lowest BCUT2D eigenvalue weighted by Crippen LogP contribution is -2.16. The first-order valence-electron chi connectivity index (χ1n) is 4.54. The average Bonchev–Trinajstić information content (AvgIpc) is 2.24. The van der Waals surface area contributed by atoms with Gasteiger partial charge >= 0.3 is 5.97 Å². The second kappa shape index (κ2) is 6.19. The van der Waals surface area contributed by atoms with E-state index in [9.17, 15) is 18.4 Å². The molecule has 2 N–H and O–H groups in total. The van der Waals surface area contributed by atoms with Crippen molar-refractivity contribution >= 4 is 29.3 Å². The van der Waals surface area contributed by atoms with Crippen LogP contribution in [0.1, 0.15) is 0 Å². The second-order valence-electron chi connectivity index (χ2n) is 3.04. The van der Waals surface area contributed by atoms with E-state index in [0.717, 1.165) is 17.8 Å². The van der Waals surface area contributed by atoms with Crippen LogP contribution in [0.4, 0.5) is 14.5 Å². The highest BCUT2D eigenvalue weighted by Gasteiger charge is 2.10. The van der Waals surface area contributed by atoms with Crippen molar-refractivity contribution < 1.29 is 23.5 Å². The summed E-state index contributed by atoms with van der Waals surface area (Å²) in [5, 5.41) is 10.5. The normalized spacial score (nSPS) is 10.0. The van der Waals surface area contributed by atoms with E-state index in [-0.39, 0.29) is 17.2 Å². The fourth-order valence-electron chi connectivity index (χ4n) is 1.02. The molecule has 0 bridgehead atoms. The Morgan fingerprint density at radius 1 is 1.29 bits per heavy atom. The monoisotopic (exact) mass is 261 g/mol. The van der Waals surface area contributed by atoms with E-state index >= 15 is 0 Å². The van der Waals surface area contributed by atoms with Gasteiger partial charge in [-0.3, -0.25) is 9.59 Å². The fraction of sp³-hybridized carbons (Fsp3) is 0.200. The SMILES string of the molecule is O=C(O)CSCC(=O)Nc1cccc(F)c1F. The number of benzene rings is 1. The van der Waals surface area contributed by atoms with Gasteiger partial charge in [-0.15, -0.1) is 11.8 Å². The van der Waals surface area contributed by atoms with Crippen LogP contribution in [0.25, 0.3) is 0 Å². The zero-order chi connectivity index (χ0) is 12.8. The van der Waals surface area contributed by atoms with Crippen molar-refractivity contribution in [2.75, 3.05) is 16.8 Å². The molecule has 1 amide bonds. The molecule has 17 heavy (non-hydrogen) atoms. The molecule has 1 aromatic carbocycles. The van der Waals surface area contributed by atoms with Gasteiger partial charge in [0.2, 0.25) is 5.91 Å². The molecule has 0 radical (unpaired) electrons. The number of rotatable bonds is 5. The molecule has 0 saturated carbocycles. The number of aliphatic carboxylic acids is 1. The number of carbonyl (C=O) groups is 2. The van der Waals surface area contributed by atoms with Gasteiger partial charge in [0.05, 0.1) is 17.2 Å². The summed E-state index contributed by atoms with van der Waals surface area (Å²) in [5.41, 5.74) is -0.258. The second-order valence-corrected chi connectivity index (χ2v) is 4.02. The van der Waals surface area contributed by atoms with Crippen molar-refractivity contribution in [3.05, 3.63) is 29.8 Å². The van der Waals surface area contributed by atoms with Gasteiger partial charge in [0, 0.05) is 0 Å². The van der Waals surface area contributed by atoms with Crippen LogP contribution in [-0.2, 0) is 9.59 Å². The molecular weight excluding hydrogens is 252 g/mol. The van der Waals surface area contributed by atoms with Gasteiger partial charge in [-0.25, -0.2) is 8.78 Å². The lowest BCUT2D eigenvalue weighted by atomic mass is 10.3. The van der Waals surface area contributed by atoms with Crippen molar-refractivity contribution in [2.45, 2.75) is 0 Å². The lowest BCUT2D eigenvalue weighted by Gasteiger charge is -2.05. The van der Waals surface area contributed by atoms with E-state index in [1.807, 2.05) is 0 Å². The predicted octanol–water partition coefficient (Wildman–Crippen LogP) is 1.72. The summed E-state index contributed by atoms with van der Waals surface area (Å²) in [6, 6.07) is 3.42. The molecule has 0 aliphatic carbocycles. The molecule has 0 aliphatic rings.